The molecule has 158 valence electrons. The minimum atomic E-state index is -0.324. The summed E-state index contributed by atoms with van der Waals surface area (Å²) < 4.78 is 23.9. The van der Waals surface area contributed by atoms with Crippen LogP contribution in [0, 0.1) is 5.82 Å². The van der Waals surface area contributed by atoms with E-state index >= 15 is 0 Å². The van der Waals surface area contributed by atoms with Gasteiger partial charge in [0.2, 0.25) is 5.91 Å². The zero-order valence-electron chi connectivity index (χ0n) is 17.0. The number of piperazine rings is 1. The van der Waals surface area contributed by atoms with Gasteiger partial charge in [-0.25, -0.2) is 4.39 Å². The zero-order chi connectivity index (χ0) is 21.5. The lowest BCUT2D eigenvalue weighted by Gasteiger charge is -2.35. The van der Waals surface area contributed by atoms with Crippen LogP contribution in [0.25, 0.3) is 0 Å². The molecule has 0 aromatic heterocycles. The smallest absolute Gasteiger partial charge is 0.254 e. The number of hydrogen-bond donors (Lipinski definition) is 0. The molecule has 3 rings (SSSR count). The third kappa shape index (κ3) is 5.17. The quantitative estimate of drug-likeness (QED) is 0.656. The number of hydrogen-bond acceptors (Lipinski definition) is 4. The second-order valence-corrected chi connectivity index (χ2v) is 6.94. The van der Waals surface area contributed by atoms with Crippen molar-refractivity contribution in [3.05, 3.63) is 72.1 Å². The second kappa shape index (κ2) is 9.91. The lowest BCUT2D eigenvalue weighted by Crippen LogP contribution is -2.51. The number of carbonyl (C=O) groups is 2. The molecule has 2 aromatic rings. The molecular weight excluding hydrogens is 387 g/mol. The topological polar surface area (TPSA) is 59.1 Å². The predicted octanol–water partition coefficient (Wildman–Crippen LogP) is 2.93. The fraction of sp³-hybridized carbons (Fsp3) is 0.304. The van der Waals surface area contributed by atoms with E-state index in [2.05, 4.69) is 6.58 Å². The Morgan fingerprint density at radius 2 is 1.70 bits per heavy atom. The first-order chi connectivity index (χ1) is 14.5. The Morgan fingerprint density at radius 1 is 1.03 bits per heavy atom. The van der Waals surface area contributed by atoms with Crippen LogP contribution in [0.3, 0.4) is 0 Å². The summed E-state index contributed by atoms with van der Waals surface area (Å²) >= 11 is 0. The van der Waals surface area contributed by atoms with E-state index in [0.29, 0.717) is 49.8 Å². The van der Waals surface area contributed by atoms with Gasteiger partial charge in [0, 0.05) is 31.7 Å². The summed E-state index contributed by atoms with van der Waals surface area (Å²) in [7, 11) is 1.52. The first-order valence-corrected chi connectivity index (χ1v) is 9.75. The molecule has 1 aliphatic heterocycles. The van der Waals surface area contributed by atoms with Crippen LogP contribution in [0.2, 0.25) is 0 Å². The van der Waals surface area contributed by atoms with E-state index in [1.54, 1.807) is 46.2 Å². The van der Waals surface area contributed by atoms with E-state index in [-0.39, 0.29) is 24.1 Å². The highest BCUT2D eigenvalue weighted by Crippen LogP contribution is 2.28. The molecule has 2 amide bonds. The van der Waals surface area contributed by atoms with Crippen molar-refractivity contribution in [2.24, 2.45) is 0 Å². The summed E-state index contributed by atoms with van der Waals surface area (Å²) in [5.74, 6) is 0.560. The van der Waals surface area contributed by atoms with Gasteiger partial charge in [0.15, 0.2) is 11.5 Å². The Hall–Kier alpha value is -3.35. The molecule has 1 aliphatic rings. The molecule has 6 nitrogen and oxygen atoms in total. The number of halogens is 1. The molecule has 0 unspecified atom stereocenters. The SMILES string of the molecule is C=CCOc1ccc(C(=O)N2CCN(C(=O)Cc3ccc(F)cc3)CC2)cc1OC. The van der Waals surface area contributed by atoms with Gasteiger partial charge < -0.3 is 19.3 Å². The highest BCUT2D eigenvalue weighted by molar-refractivity contribution is 5.95. The van der Waals surface area contributed by atoms with Gasteiger partial charge in [-0.2, -0.15) is 0 Å². The molecule has 0 saturated carbocycles. The standard InChI is InChI=1S/C23H25FN2O4/c1-3-14-30-20-9-6-18(16-21(20)29-2)23(28)26-12-10-25(11-13-26)22(27)15-17-4-7-19(24)8-5-17/h3-9,16H,1,10-15H2,2H3. The maximum atomic E-state index is 13.0. The van der Waals surface area contributed by atoms with Crippen LogP contribution < -0.4 is 9.47 Å². The number of amides is 2. The molecule has 0 radical (unpaired) electrons. The van der Waals surface area contributed by atoms with Crippen LogP contribution in [-0.4, -0.2) is 61.5 Å². The Labute approximate surface area is 175 Å². The van der Waals surface area contributed by atoms with Gasteiger partial charge in [-0.05, 0) is 35.9 Å². The highest BCUT2D eigenvalue weighted by Gasteiger charge is 2.25. The van der Waals surface area contributed by atoms with Gasteiger partial charge in [-0.15, -0.1) is 0 Å². The molecule has 1 heterocycles. The number of benzene rings is 2. The van der Waals surface area contributed by atoms with Crippen LogP contribution in [0.1, 0.15) is 15.9 Å². The minimum absolute atomic E-state index is 0.0286. The van der Waals surface area contributed by atoms with Crippen LogP contribution in [0.4, 0.5) is 4.39 Å². The molecule has 0 atom stereocenters. The largest absolute Gasteiger partial charge is 0.493 e. The third-order valence-corrected chi connectivity index (χ3v) is 4.96. The maximum absolute atomic E-state index is 13.0. The van der Waals surface area contributed by atoms with Crippen molar-refractivity contribution >= 4 is 11.8 Å². The van der Waals surface area contributed by atoms with Crippen molar-refractivity contribution in [1.29, 1.82) is 0 Å². The van der Waals surface area contributed by atoms with Crippen molar-refractivity contribution < 1.29 is 23.5 Å². The average Bonchev–Trinajstić information content (AvgIpc) is 2.78. The van der Waals surface area contributed by atoms with Crippen molar-refractivity contribution in [2.45, 2.75) is 6.42 Å². The monoisotopic (exact) mass is 412 g/mol. The summed E-state index contributed by atoms with van der Waals surface area (Å²) in [5.41, 5.74) is 1.27. The Kier molecular flexibility index (Phi) is 7.06. The summed E-state index contributed by atoms with van der Waals surface area (Å²) in [6, 6.07) is 11.0. The van der Waals surface area contributed by atoms with E-state index in [1.807, 2.05) is 0 Å². The fourth-order valence-corrected chi connectivity index (χ4v) is 3.30. The summed E-state index contributed by atoms with van der Waals surface area (Å²) in [6.07, 6.45) is 1.85. The van der Waals surface area contributed by atoms with Gasteiger partial charge >= 0.3 is 0 Å². The zero-order valence-corrected chi connectivity index (χ0v) is 17.0. The normalized spacial score (nSPS) is 13.7. The van der Waals surface area contributed by atoms with Crippen LogP contribution in [-0.2, 0) is 11.2 Å². The van der Waals surface area contributed by atoms with Gasteiger partial charge in [0.05, 0.1) is 13.5 Å². The van der Waals surface area contributed by atoms with Crippen molar-refractivity contribution in [3.8, 4) is 11.5 Å². The number of carbonyl (C=O) groups excluding carboxylic acids is 2. The number of ether oxygens (including phenoxy) is 2. The molecule has 30 heavy (non-hydrogen) atoms. The molecule has 0 spiro atoms. The number of nitrogens with zero attached hydrogens (tertiary/aromatic N) is 2. The number of rotatable bonds is 7. The number of methoxy groups -OCH3 is 1. The van der Waals surface area contributed by atoms with Gasteiger partial charge in [0.1, 0.15) is 12.4 Å². The van der Waals surface area contributed by atoms with Crippen molar-refractivity contribution in [3.63, 3.8) is 0 Å². The van der Waals surface area contributed by atoms with Gasteiger partial charge in [-0.3, -0.25) is 9.59 Å². The van der Waals surface area contributed by atoms with E-state index in [1.165, 1.54) is 19.2 Å². The Balaban J connectivity index is 1.57. The summed E-state index contributed by atoms with van der Waals surface area (Å²) in [4.78, 5) is 28.8. The van der Waals surface area contributed by atoms with Crippen LogP contribution in [0.5, 0.6) is 11.5 Å². The molecule has 0 bridgehead atoms. The maximum Gasteiger partial charge on any atom is 0.254 e. The third-order valence-electron chi connectivity index (χ3n) is 4.96. The average molecular weight is 412 g/mol. The molecule has 0 N–H and O–H groups in total. The minimum Gasteiger partial charge on any atom is -0.493 e. The van der Waals surface area contributed by atoms with Crippen LogP contribution in [0.15, 0.2) is 55.1 Å². The van der Waals surface area contributed by atoms with Gasteiger partial charge in [-0.1, -0.05) is 24.8 Å². The van der Waals surface area contributed by atoms with Crippen molar-refractivity contribution in [2.75, 3.05) is 39.9 Å². The predicted molar refractivity (Wildman–Crippen MR) is 111 cm³/mol. The Morgan fingerprint density at radius 3 is 2.33 bits per heavy atom. The molecule has 1 saturated heterocycles. The Bertz CT molecular complexity index is 906. The molecular formula is C23H25FN2O4. The van der Waals surface area contributed by atoms with Crippen molar-refractivity contribution in [1.82, 2.24) is 9.80 Å². The van der Waals surface area contributed by atoms with E-state index < -0.39 is 0 Å². The molecule has 0 aliphatic carbocycles. The summed E-state index contributed by atoms with van der Waals surface area (Å²) in [5, 5.41) is 0. The van der Waals surface area contributed by atoms with Gasteiger partial charge in [0.25, 0.3) is 5.91 Å². The van der Waals surface area contributed by atoms with Crippen LogP contribution >= 0.6 is 0 Å². The molecule has 7 heteroatoms. The molecule has 1 fully saturated rings. The summed E-state index contributed by atoms with van der Waals surface area (Å²) in [6.45, 7) is 5.78. The van der Waals surface area contributed by atoms with E-state index in [0.717, 1.165) is 5.56 Å². The van der Waals surface area contributed by atoms with E-state index in [9.17, 15) is 14.0 Å². The second-order valence-electron chi connectivity index (χ2n) is 6.94. The van der Waals surface area contributed by atoms with E-state index in [4.69, 9.17) is 9.47 Å². The highest BCUT2D eigenvalue weighted by atomic mass is 19.1. The lowest BCUT2D eigenvalue weighted by molar-refractivity contribution is -0.131. The first-order valence-electron chi connectivity index (χ1n) is 9.75. The fourth-order valence-electron chi connectivity index (χ4n) is 3.30. The lowest BCUT2D eigenvalue weighted by atomic mass is 10.1. The molecule has 2 aromatic carbocycles. The first kappa shape index (κ1) is 21.4.